The fourth-order valence-corrected chi connectivity index (χ4v) is 5.92. The lowest BCUT2D eigenvalue weighted by atomic mass is 9.80. The minimum Gasteiger partial charge on any atom is -0.459 e. The first-order valence-electron chi connectivity index (χ1n) is 15.7. The molecule has 2 unspecified atom stereocenters. The van der Waals surface area contributed by atoms with Crippen LogP contribution in [0.5, 0.6) is 0 Å². The average molecular weight is 657 g/mol. The number of aromatic nitrogens is 2. The number of carbonyl (C=O) groups excluding carboxylic acids is 2. The molecule has 4 aromatic rings. The van der Waals surface area contributed by atoms with E-state index in [2.05, 4.69) is 4.98 Å². The smallest absolute Gasteiger partial charge is 0.330 e. The zero-order chi connectivity index (χ0) is 34.6. The molecule has 3 N–H and O–H groups in total. The Morgan fingerprint density at radius 3 is 1.81 bits per heavy atom. The Kier molecular flexibility index (Phi) is 10.3. The second-order valence-corrected chi connectivity index (χ2v) is 12.9. The number of aliphatic hydroxyl groups is 2. The van der Waals surface area contributed by atoms with Gasteiger partial charge >= 0.3 is 11.7 Å². The van der Waals surface area contributed by atoms with E-state index in [0.29, 0.717) is 0 Å². The summed E-state index contributed by atoms with van der Waals surface area (Å²) in [4.78, 5) is 53.1. The monoisotopic (exact) mass is 656 g/mol. The molecule has 11 nitrogen and oxygen atoms in total. The summed E-state index contributed by atoms with van der Waals surface area (Å²) in [6.07, 6.45) is -4.82. The summed E-state index contributed by atoms with van der Waals surface area (Å²) in [5.41, 5.74) is -1.36. The second kappa shape index (κ2) is 14.2. The molecule has 0 aliphatic carbocycles. The first-order valence-corrected chi connectivity index (χ1v) is 15.7. The third-order valence-electron chi connectivity index (χ3n) is 8.26. The van der Waals surface area contributed by atoms with Crippen LogP contribution in [0.3, 0.4) is 0 Å². The van der Waals surface area contributed by atoms with E-state index in [4.69, 9.17) is 14.2 Å². The van der Waals surface area contributed by atoms with Gasteiger partial charge in [-0.15, -0.1) is 0 Å². The Hall–Kier alpha value is -4.68. The summed E-state index contributed by atoms with van der Waals surface area (Å²) >= 11 is 0. The number of aliphatic hydroxyl groups excluding tert-OH is 2. The van der Waals surface area contributed by atoms with Gasteiger partial charge in [0.2, 0.25) is 0 Å². The van der Waals surface area contributed by atoms with Crippen molar-refractivity contribution in [2.45, 2.75) is 69.9 Å². The molecule has 0 bridgehead atoms. The van der Waals surface area contributed by atoms with E-state index in [-0.39, 0.29) is 18.6 Å². The van der Waals surface area contributed by atoms with Crippen LogP contribution in [0.2, 0.25) is 0 Å². The van der Waals surface area contributed by atoms with E-state index in [9.17, 15) is 29.4 Å². The van der Waals surface area contributed by atoms with Gasteiger partial charge in [0.1, 0.15) is 41.2 Å². The van der Waals surface area contributed by atoms with Crippen molar-refractivity contribution in [3.63, 3.8) is 0 Å². The number of Topliss-reactive ketones (excluding diaryl/α,β-unsaturated/α-hetero) is 1. The standard InChI is InChI=1S/C37H40N2O9/c1-23(40)28(34(44)48-36(2,3)4)20-24-21-39(35(45)38-32(24)43)33-31(42)30(41)29(47-33)22-46-37(25-14-8-5-9-15-25,26-16-10-6-11-17-26)27-18-12-7-13-19-27/h5-19,21,28-31,33,41-42H,20,22H2,1-4H3,(H,38,43,45)/t28?,29-,30?,31+,33-/m1/s1. The zero-order valence-corrected chi connectivity index (χ0v) is 27.2. The maximum absolute atomic E-state index is 13.0. The van der Waals surface area contributed by atoms with Crippen LogP contribution in [0.15, 0.2) is 107 Å². The van der Waals surface area contributed by atoms with Gasteiger partial charge in [-0.25, -0.2) is 4.79 Å². The molecular weight excluding hydrogens is 616 g/mol. The highest BCUT2D eigenvalue weighted by atomic mass is 16.6. The van der Waals surface area contributed by atoms with Crippen molar-refractivity contribution in [3.8, 4) is 0 Å². The van der Waals surface area contributed by atoms with Gasteiger partial charge in [-0.3, -0.25) is 23.9 Å². The topological polar surface area (TPSA) is 157 Å². The molecule has 48 heavy (non-hydrogen) atoms. The number of nitrogens with one attached hydrogen (secondary N) is 1. The molecule has 0 spiro atoms. The number of ketones is 1. The predicted octanol–water partition coefficient (Wildman–Crippen LogP) is 3.25. The van der Waals surface area contributed by atoms with Gasteiger partial charge < -0.3 is 24.4 Å². The van der Waals surface area contributed by atoms with Gasteiger partial charge in [0.25, 0.3) is 5.56 Å². The van der Waals surface area contributed by atoms with Gasteiger partial charge in [0.05, 0.1) is 6.61 Å². The molecule has 1 aliphatic heterocycles. The number of nitrogens with zero attached hydrogens (tertiary/aromatic N) is 1. The van der Waals surface area contributed by atoms with Crippen LogP contribution in [0, 0.1) is 5.92 Å². The van der Waals surface area contributed by atoms with E-state index in [1.807, 2.05) is 91.0 Å². The van der Waals surface area contributed by atoms with Crippen LogP contribution in [0.25, 0.3) is 0 Å². The van der Waals surface area contributed by atoms with E-state index >= 15 is 0 Å². The van der Waals surface area contributed by atoms with Crippen molar-refractivity contribution in [2.24, 2.45) is 5.92 Å². The van der Waals surface area contributed by atoms with Crippen LogP contribution < -0.4 is 11.2 Å². The number of benzene rings is 3. The lowest BCUT2D eigenvalue weighted by Gasteiger charge is -2.37. The van der Waals surface area contributed by atoms with Gasteiger partial charge in [-0.05, 0) is 50.8 Å². The SMILES string of the molecule is CC(=O)C(Cc1cn([C@@H]2O[C@H](COC(c3ccccc3)(c3ccccc3)c3ccccc3)C(O)[C@@H]2O)c(=O)[nH]c1=O)C(=O)OC(C)(C)C. The highest BCUT2D eigenvalue weighted by Crippen LogP contribution is 2.41. The van der Waals surface area contributed by atoms with E-state index < -0.39 is 64.7 Å². The molecule has 1 aromatic heterocycles. The zero-order valence-electron chi connectivity index (χ0n) is 27.2. The number of carbonyl (C=O) groups is 2. The van der Waals surface area contributed by atoms with Crippen LogP contribution in [0.1, 0.15) is 56.2 Å². The van der Waals surface area contributed by atoms with Crippen LogP contribution in [0.4, 0.5) is 0 Å². The molecule has 252 valence electrons. The van der Waals surface area contributed by atoms with Crippen LogP contribution >= 0.6 is 0 Å². The molecule has 1 aliphatic rings. The highest BCUT2D eigenvalue weighted by molar-refractivity contribution is 5.98. The highest BCUT2D eigenvalue weighted by Gasteiger charge is 2.47. The first kappa shape index (κ1) is 34.6. The Bertz CT molecular complexity index is 1740. The van der Waals surface area contributed by atoms with Gasteiger partial charge in [-0.1, -0.05) is 91.0 Å². The molecule has 1 saturated heterocycles. The number of rotatable bonds is 11. The van der Waals surface area contributed by atoms with E-state index in [1.54, 1.807) is 20.8 Å². The summed E-state index contributed by atoms with van der Waals surface area (Å²) in [5.74, 6) is -2.64. The molecular formula is C37H40N2O9. The maximum Gasteiger partial charge on any atom is 0.330 e. The molecule has 1 fully saturated rings. The molecule has 3 aromatic carbocycles. The summed E-state index contributed by atoms with van der Waals surface area (Å²) in [7, 11) is 0. The molecule has 5 atom stereocenters. The number of hydrogen-bond donors (Lipinski definition) is 3. The van der Waals surface area contributed by atoms with Gasteiger partial charge in [0.15, 0.2) is 6.23 Å². The maximum atomic E-state index is 13.0. The normalized spacial score (nSPS) is 20.3. The number of ether oxygens (including phenoxy) is 3. The summed E-state index contributed by atoms with van der Waals surface area (Å²) < 4.78 is 19.1. The molecule has 5 rings (SSSR count). The van der Waals surface area contributed by atoms with Crippen molar-refractivity contribution >= 4 is 11.8 Å². The number of esters is 1. The third kappa shape index (κ3) is 7.24. The Morgan fingerprint density at radius 2 is 1.35 bits per heavy atom. The van der Waals surface area contributed by atoms with Gasteiger partial charge in [0, 0.05) is 11.8 Å². The fourth-order valence-electron chi connectivity index (χ4n) is 5.92. The van der Waals surface area contributed by atoms with Crippen LogP contribution in [-0.2, 0) is 35.8 Å². The quantitative estimate of drug-likeness (QED) is 0.125. The Balaban J connectivity index is 1.46. The van der Waals surface area contributed by atoms with Gasteiger partial charge in [-0.2, -0.15) is 0 Å². The first-order chi connectivity index (χ1) is 22.8. The number of hydrogen-bond acceptors (Lipinski definition) is 9. The van der Waals surface area contributed by atoms with Crippen LogP contribution in [-0.4, -0.2) is 62.0 Å². The largest absolute Gasteiger partial charge is 0.459 e. The van der Waals surface area contributed by atoms with Crippen molar-refractivity contribution in [3.05, 3.63) is 140 Å². The Morgan fingerprint density at radius 1 is 0.854 bits per heavy atom. The lowest BCUT2D eigenvalue weighted by molar-refractivity contribution is -0.161. The molecule has 0 radical (unpaired) electrons. The van der Waals surface area contributed by atoms with Crippen molar-refractivity contribution in [1.29, 1.82) is 0 Å². The number of H-pyrrole nitrogens is 1. The minimum absolute atomic E-state index is 0.0816. The van der Waals surface area contributed by atoms with Crippen molar-refractivity contribution < 1.29 is 34.0 Å². The Labute approximate surface area is 277 Å². The fraction of sp³-hybridized carbons (Fsp3) is 0.351. The average Bonchev–Trinajstić information content (AvgIpc) is 3.34. The summed E-state index contributed by atoms with van der Waals surface area (Å²) in [6, 6.07) is 28.8. The number of aromatic amines is 1. The molecule has 0 saturated carbocycles. The summed E-state index contributed by atoms with van der Waals surface area (Å²) in [6.45, 7) is 5.97. The van der Waals surface area contributed by atoms with Crippen molar-refractivity contribution in [1.82, 2.24) is 9.55 Å². The summed E-state index contributed by atoms with van der Waals surface area (Å²) in [5, 5.41) is 22.3. The van der Waals surface area contributed by atoms with Crippen molar-refractivity contribution in [2.75, 3.05) is 6.61 Å². The molecule has 0 amide bonds. The predicted molar refractivity (Wildman–Crippen MR) is 176 cm³/mol. The van der Waals surface area contributed by atoms with E-state index in [0.717, 1.165) is 27.5 Å². The third-order valence-corrected chi connectivity index (χ3v) is 8.26. The molecule has 11 heteroatoms. The molecule has 2 heterocycles. The lowest BCUT2D eigenvalue weighted by Crippen LogP contribution is -2.40. The van der Waals surface area contributed by atoms with E-state index in [1.165, 1.54) is 6.92 Å². The minimum atomic E-state index is -1.59. The second-order valence-electron chi connectivity index (χ2n) is 12.9.